The third-order valence-electron chi connectivity index (χ3n) is 11.9. The van der Waals surface area contributed by atoms with Gasteiger partial charge in [0.05, 0.1) is 74.6 Å². The van der Waals surface area contributed by atoms with E-state index in [2.05, 4.69) is 10.6 Å². The van der Waals surface area contributed by atoms with Gasteiger partial charge in [-0.1, -0.05) is 85.2 Å². The molecule has 1 aromatic carbocycles. The van der Waals surface area contributed by atoms with Crippen LogP contribution in [-0.2, 0) is 38.1 Å². The van der Waals surface area contributed by atoms with Crippen LogP contribution in [0.3, 0.4) is 0 Å². The molecule has 58 heavy (non-hydrogen) atoms. The summed E-state index contributed by atoms with van der Waals surface area (Å²) >= 11 is 0. The highest BCUT2D eigenvalue weighted by Gasteiger charge is 2.43. The standard InChI is InChI=1S/C44H77N5O9/c1-14-30(6)39(48(10)44(54)37(28(2)3)46-43(53)38(29(4)5)47(9)23-24-58-26-25-55-11)35(56-12)27-36(50)49-22-18-21-34(49)41(57-13)31(7)42(52)45-32(8)40(51)33-19-16-15-17-20-33/h15-17,19-20,28-32,34-35,37-41,51H,14,18,21-27H2,1-13H3,(H,45,52)(H,46,53)/t30-,31+,32+,34-,35+,37-,38-,39-,40+,41+/m0/s1. The van der Waals surface area contributed by atoms with Crippen molar-refractivity contribution in [3.05, 3.63) is 35.9 Å². The van der Waals surface area contributed by atoms with Crippen molar-refractivity contribution < 1.29 is 43.2 Å². The zero-order valence-electron chi connectivity index (χ0n) is 37.7. The van der Waals surface area contributed by atoms with Gasteiger partial charge in [0.2, 0.25) is 23.6 Å². The van der Waals surface area contributed by atoms with Gasteiger partial charge in [-0.05, 0) is 50.1 Å². The molecular weight excluding hydrogens is 743 g/mol. The number of nitrogens with one attached hydrogen (secondary N) is 2. The maximum Gasteiger partial charge on any atom is 0.245 e. The molecule has 1 aliphatic rings. The van der Waals surface area contributed by atoms with Crippen LogP contribution in [0.2, 0.25) is 0 Å². The number of rotatable bonds is 26. The van der Waals surface area contributed by atoms with Crippen molar-refractivity contribution >= 4 is 23.6 Å². The minimum absolute atomic E-state index is 0.0162. The van der Waals surface area contributed by atoms with E-state index < -0.39 is 48.4 Å². The number of methoxy groups -OCH3 is 3. The fourth-order valence-corrected chi connectivity index (χ4v) is 8.26. The van der Waals surface area contributed by atoms with E-state index in [1.165, 1.54) is 0 Å². The number of carbonyl (C=O) groups is 4. The summed E-state index contributed by atoms with van der Waals surface area (Å²) in [5.74, 6) is -1.79. The van der Waals surface area contributed by atoms with Crippen LogP contribution in [0.5, 0.6) is 0 Å². The fraction of sp³-hybridized carbons (Fsp3) is 0.773. The number of amides is 4. The molecule has 0 saturated carbocycles. The van der Waals surface area contributed by atoms with Crippen LogP contribution in [0.4, 0.5) is 0 Å². The SMILES string of the molecule is CC[C@H](C)[C@@H]([C@@H](CC(=O)N1CCC[C@H]1[C@H](OC)[C@@H](C)C(=O)N[C@H](C)[C@@H](O)c1ccccc1)OC)N(C)C(=O)[C@@H](NC(=O)[C@H](C(C)C)N(C)CCOCCOC)C(C)C. The maximum absolute atomic E-state index is 14.4. The molecule has 10 atom stereocenters. The minimum Gasteiger partial charge on any atom is -0.386 e. The zero-order chi connectivity index (χ0) is 43.7. The molecule has 0 aromatic heterocycles. The van der Waals surface area contributed by atoms with E-state index >= 15 is 0 Å². The molecule has 3 N–H and O–H groups in total. The van der Waals surface area contributed by atoms with Gasteiger partial charge in [-0.3, -0.25) is 24.1 Å². The summed E-state index contributed by atoms with van der Waals surface area (Å²) in [6, 6.07) is 6.52. The van der Waals surface area contributed by atoms with Crippen LogP contribution in [0.25, 0.3) is 0 Å². The van der Waals surface area contributed by atoms with Gasteiger partial charge in [-0.15, -0.1) is 0 Å². The van der Waals surface area contributed by atoms with Crippen molar-refractivity contribution in [3.8, 4) is 0 Å². The van der Waals surface area contributed by atoms with Gasteiger partial charge < -0.3 is 44.5 Å². The average molecular weight is 820 g/mol. The molecule has 0 bridgehead atoms. The molecule has 4 amide bonds. The lowest BCUT2D eigenvalue weighted by atomic mass is 9.89. The summed E-state index contributed by atoms with van der Waals surface area (Å²) in [6.45, 7) is 17.9. The number of hydrogen-bond donors (Lipinski definition) is 3. The number of aliphatic hydroxyl groups is 1. The third kappa shape index (κ3) is 14.3. The second-order valence-electron chi connectivity index (χ2n) is 16.7. The number of nitrogens with zero attached hydrogens (tertiary/aromatic N) is 3. The Morgan fingerprint density at radius 3 is 2.09 bits per heavy atom. The van der Waals surface area contributed by atoms with Gasteiger partial charge in [0.15, 0.2) is 0 Å². The van der Waals surface area contributed by atoms with Gasteiger partial charge >= 0.3 is 0 Å². The molecule has 332 valence electrons. The highest BCUT2D eigenvalue weighted by molar-refractivity contribution is 5.90. The van der Waals surface area contributed by atoms with Crippen molar-refractivity contribution in [2.75, 3.05) is 68.3 Å². The van der Waals surface area contributed by atoms with E-state index in [0.29, 0.717) is 44.9 Å². The second kappa shape index (κ2) is 25.5. The molecule has 1 heterocycles. The molecular formula is C44H77N5O9. The second-order valence-corrected chi connectivity index (χ2v) is 16.7. The van der Waals surface area contributed by atoms with Crippen molar-refractivity contribution in [1.82, 2.24) is 25.3 Å². The van der Waals surface area contributed by atoms with E-state index in [-0.39, 0.29) is 53.8 Å². The van der Waals surface area contributed by atoms with Gasteiger partial charge in [0.25, 0.3) is 0 Å². The Kier molecular flexibility index (Phi) is 22.4. The highest BCUT2D eigenvalue weighted by atomic mass is 16.5. The molecule has 14 nitrogen and oxygen atoms in total. The van der Waals surface area contributed by atoms with Gasteiger partial charge in [0.1, 0.15) is 6.04 Å². The van der Waals surface area contributed by atoms with Crippen LogP contribution in [-0.4, -0.2) is 154 Å². The zero-order valence-corrected chi connectivity index (χ0v) is 37.7. The van der Waals surface area contributed by atoms with E-state index in [1.54, 1.807) is 52.0 Å². The third-order valence-corrected chi connectivity index (χ3v) is 11.9. The molecule has 1 fully saturated rings. The van der Waals surface area contributed by atoms with E-state index in [0.717, 1.165) is 12.8 Å². The first-order valence-electron chi connectivity index (χ1n) is 21.2. The first-order valence-corrected chi connectivity index (χ1v) is 21.2. The summed E-state index contributed by atoms with van der Waals surface area (Å²) in [5, 5.41) is 16.9. The summed E-state index contributed by atoms with van der Waals surface area (Å²) in [6.07, 6.45) is 0.0442. The molecule has 14 heteroatoms. The Balaban J connectivity index is 2.23. The lowest BCUT2D eigenvalue weighted by molar-refractivity contribution is -0.148. The largest absolute Gasteiger partial charge is 0.386 e. The number of likely N-dealkylation sites (tertiary alicyclic amines) is 1. The first-order chi connectivity index (χ1) is 27.5. The molecule has 1 aromatic rings. The van der Waals surface area contributed by atoms with Crippen LogP contribution in [0.15, 0.2) is 30.3 Å². The molecule has 0 unspecified atom stereocenters. The topological polar surface area (TPSA) is 159 Å². The predicted molar refractivity (Wildman–Crippen MR) is 226 cm³/mol. The Bertz CT molecular complexity index is 1380. The number of benzene rings is 1. The van der Waals surface area contributed by atoms with Crippen LogP contribution >= 0.6 is 0 Å². The molecule has 2 rings (SSSR count). The smallest absolute Gasteiger partial charge is 0.245 e. The van der Waals surface area contributed by atoms with Crippen LogP contribution < -0.4 is 10.6 Å². The fourth-order valence-electron chi connectivity index (χ4n) is 8.26. The number of hydrogen-bond acceptors (Lipinski definition) is 10. The van der Waals surface area contributed by atoms with Crippen LogP contribution in [0, 0.1) is 23.7 Å². The molecule has 0 aliphatic carbocycles. The number of aliphatic hydroxyl groups excluding tert-OH is 1. The normalized spacial score (nSPS) is 19.3. The lowest BCUT2D eigenvalue weighted by Gasteiger charge is -2.41. The molecule has 1 aliphatic heterocycles. The highest BCUT2D eigenvalue weighted by Crippen LogP contribution is 2.30. The quantitative estimate of drug-likeness (QED) is 0.117. The number of likely N-dealkylation sites (N-methyl/N-ethyl adjacent to an activating group) is 2. The Morgan fingerprint density at radius 2 is 1.53 bits per heavy atom. The summed E-state index contributed by atoms with van der Waals surface area (Å²) in [5.41, 5.74) is 0.707. The van der Waals surface area contributed by atoms with Gasteiger partial charge in [-0.25, -0.2) is 0 Å². The monoisotopic (exact) mass is 820 g/mol. The number of carbonyl (C=O) groups excluding carboxylic acids is 4. The molecule has 0 spiro atoms. The van der Waals surface area contributed by atoms with Crippen molar-refractivity contribution in [2.45, 2.75) is 130 Å². The molecule has 0 radical (unpaired) electrons. The van der Waals surface area contributed by atoms with E-state index in [4.69, 9.17) is 18.9 Å². The molecule has 1 saturated heterocycles. The summed E-state index contributed by atoms with van der Waals surface area (Å²) in [4.78, 5) is 61.5. The van der Waals surface area contributed by atoms with E-state index in [9.17, 15) is 24.3 Å². The summed E-state index contributed by atoms with van der Waals surface area (Å²) in [7, 11) is 8.35. The lowest BCUT2D eigenvalue weighted by Crippen LogP contribution is -2.60. The van der Waals surface area contributed by atoms with Gasteiger partial charge in [0, 0.05) is 41.5 Å². The van der Waals surface area contributed by atoms with Crippen LogP contribution in [0.1, 0.15) is 92.7 Å². The average Bonchev–Trinajstić information content (AvgIpc) is 3.68. The first kappa shape index (κ1) is 51.0. The Labute approximate surface area is 349 Å². The van der Waals surface area contributed by atoms with Crippen molar-refractivity contribution in [1.29, 1.82) is 0 Å². The minimum atomic E-state index is -0.884. The summed E-state index contributed by atoms with van der Waals surface area (Å²) < 4.78 is 22.7. The van der Waals surface area contributed by atoms with Crippen molar-refractivity contribution in [3.63, 3.8) is 0 Å². The number of ether oxygens (including phenoxy) is 4. The van der Waals surface area contributed by atoms with Gasteiger partial charge in [-0.2, -0.15) is 0 Å². The van der Waals surface area contributed by atoms with E-state index in [1.807, 2.05) is 83.8 Å². The maximum atomic E-state index is 14.4. The Hall–Kier alpha value is -3.14. The van der Waals surface area contributed by atoms with Crippen molar-refractivity contribution in [2.24, 2.45) is 23.7 Å². The predicted octanol–water partition coefficient (Wildman–Crippen LogP) is 3.91. The Morgan fingerprint density at radius 1 is 0.879 bits per heavy atom.